The van der Waals surface area contributed by atoms with E-state index in [0.29, 0.717) is 13.1 Å². The van der Waals surface area contributed by atoms with Crippen molar-refractivity contribution in [3.8, 4) is 0 Å². The highest BCUT2D eigenvalue weighted by Gasteiger charge is 2.22. The molecule has 0 unspecified atom stereocenters. The van der Waals surface area contributed by atoms with E-state index in [0.717, 1.165) is 35.2 Å². The number of halogens is 1. The Morgan fingerprint density at radius 2 is 1.69 bits per heavy atom. The number of piperazine rings is 1. The van der Waals surface area contributed by atoms with Crippen LogP contribution in [0.15, 0.2) is 42.5 Å². The van der Waals surface area contributed by atoms with Crippen LogP contribution in [-0.4, -0.2) is 51.2 Å². The van der Waals surface area contributed by atoms with Crippen molar-refractivity contribution in [1.82, 2.24) is 4.90 Å². The van der Waals surface area contributed by atoms with Gasteiger partial charge in [-0.3, -0.25) is 0 Å². The van der Waals surface area contributed by atoms with Crippen molar-refractivity contribution in [3.63, 3.8) is 0 Å². The van der Waals surface area contributed by atoms with Gasteiger partial charge in [0, 0.05) is 62.4 Å². The maximum atomic E-state index is 12.5. The molecule has 6 heteroatoms. The maximum Gasteiger partial charge on any atom is 0.321 e. The molecule has 1 saturated heterocycles. The van der Waals surface area contributed by atoms with Gasteiger partial charge in [-0.25, -0.2) is 4.79 Å². The van der Waals surface area contributed by atoms with E-state index in [1.54, 1.807) is 0 Å². The highest BCUT2D eigenvalue weighted by Crippen LogP contribution is 2.25. The molecule has 0 spiro atoms. The predicted octanol–water partition coefficient (Wildman–Crippen LogP) is 4.07. The van der Waals surface area contributed by atoms with E-state index in [-0.39, 0.29) is 6.03 Å². The first-order valence-corrected chi connectivity index (χ1v) is 9.16. The van der Waals surface area contributed by atoms with Crippen LogP contribution in [-0.2, 0) is 0 Å². The zero-order valence-corrected chi connectivity index (χ0v) is 16.3. The molecule has 0 bridgehead atoms. The number of anilines is 3. The normalized spacial score (nSPS) is 14.3. The third-order valence-electron chi connectivity index (χ3n) is 4.71. The molecular weight excluding hydrogens is 348 g/mol. The van der Waals surface area contributed by atoms with Crippen LogP contribution in [0.4, 0.5) is 21.9 Å². The summed E-state index contributed by atoms with van der Waals surface area (Å²) >= 11 is 6.13. The quantitative estimate of drug-likeness (QED) is 0.882. The van der Waals surface area contributed by atoms with Crippen molar-refractivity contribution in [1.29, 1.82) is 0 Å². The largest absolute Gasteiger partial charge is 0.378 e. The van der Waals surface area contributed by atoms with Gasteiger partial charge in [0.15, 0.2) is 0 Å². The van der Waals surface area contributed by atoms with E-state index in [4.69, 9.17) is 11.6 Å². The second-order valence-corrected chi connectivity index (χ2v) is 7.21. The lowest BCUT2D eigenvalue weighted by Crippen LogP contribution is -2.50. The summed E-state index contributed by atoms with van der Waals surface area (Å²) in [5, 5.41) is 3.72. The van der Waals surface area contributed by atoms with Crippen LogP contribution in [0.2, 0.25) is 5.02 Å². The minimum atomic E-state index is -0.0509. The first kappa shape index (κ1) is 18.4. The molecule has 0 aromatic heterocycles. The van der Waals surface area contributed by atoms with Gasteiger partial charge in [-0.05, 0) is 48.9 Å². The molecule has 2 aromatic carbocycles. The van der Waals surface area contributed by atoms with Gasteiger partial charge in [0.25, 0.3) is 0 Å². The standard InChI is InChI=1S/C20H25ClN4O/c1-15-4-5-16(21)14-19(15)24-10-12-25(13-11-24)20(26)22-17-6-8-18(9-7-17)23(2)3/h4-9,14H,10-13H2,1-3H3,(H,22,26). The molecule has 0 radical (unpaired) electrons. The van der Waals surface area contributed by atoms with Gasteiger partial charge in [-0.15, -0.1) is 0 Å². The van der Waals surface area contributed by atoms with Gasteiger partial charge in [0.1, 0.15) is 0 Å². The minimum absolute atomic E-state index is 0.0509. The van der Waals surface area contributed by atoms with E-state index in [2.05, 4.69) is 17.1 Å². The number of hydrogen-bond acceptors (Lipinski definition) is 3. The Kier molecular flexibility index (Phi) is 5.57. The predicted molar refractivity (Wildman–Crippen MR) is 110 cm³/mol. The van der Waals surface area contributed by atoms with Gasteiger partial charge in [-0.1, -0.05) is 17.7 Å². The first-order chi connectivity index (χ1) is 12.4. The highest BCUT2D eigenvalue weighted by atomic mass is 35.5. The monoisotopic (exact) mass is 372 g/mol. The summed E-state index contributed by atoms with van der Waals surface area (Å²) in [4.78, 5) is 18.7. The summed E-state index contributed by atoms with van der Waals surface area (Å²) in [6.07, 6.45) is 0. The van der Waals surface area contributed by atoms with E-state index in [1.165, 1.54) is 5.56 Å². The Bertz CT molecular complexity index is 768. The maximum absolute atomic E-state index is 12.5. The van der Waals surface area contributed by atoms with Gasteiger partial charge in [0.2, 0.25) is 0 Å². The van der Waals surface area contributed by atoms with E-state index in [9.17, 15) is 4.79 Å². The number of nitrogens with one attached hydrogen (secondary N) is 1. The molecule has 26 heavy (non-hydrogen) atoms. The lowest BCUT2D eigenvalue weighted by molar-refractivity contribution is 0.208. The van der Waals surface area contributed by atoms with Gasteiger partial charge in [0.05, 0.1) is 0 Å². The van der Waals surface area contributed by atoms with Crippen molar-refractivity contribution < 1.29 is 4.79 Å². The summed E-state index contributed by atoms with van der Waals surface area (Å²) < 4.78 is 0. The number of benzene rings is 2. The summed E-state index contributed by atoms with van der Waals surface area (Å²) in [6, 6.07) is 13.7. The number of aryl methyl sites for hydroxylation is 1. The molecule has 0 aliphatic carbocycles. The third-order valence-corrected chi connectivity index (χ3v) is 4.95. The lowest BCUT2D eigenvalue weighted by Gasteiger charge is -2.36. The molecule has 2 amide bonds. The summed E-state index contributed by atoms with van der Waals surface area (Å²) in [6.45, 7) is 5.06. The van der Waals surface area contributed by atoms with Crippen LogP contribution in [0.25, 0.3) is 0 Å². The van der Waals surface area contributed by atoms with Crippen molar-refractivity contribution in [3.05, 3.63) is 53.1 Å². The minimum Gasteiger partial charge on any atom is -0.378 e. The molecular formula is C20H25ClN4O. The summed E-state index contributed by atoms with van der Waals surface area (Å²) in [5.74, 6) is 0. The van der Waals surface area contributed by atoms with Crippen molar-refractivity contribution >= 4 is 34.7 Å². The lowest BCUT2D eigenvalue weighted by atomic mass is 10.1. The van der Waals surface area contributed by atoms with E-state index < -0.39 is 0 Å². The highest BCUT2D eigenvalue weighted by molar-refractivity contribution is 6.30. The Balaban J connectivity index is 1.57. The van der Waals surface area contributed by atoms with E-state index in [1.807, 2.05) is 66.4 Å². The number of urea groups is 1. The molecule has 1 aliphatic rings. The molecule has 1 fully saturated rings. The topological polar surface area (TPSA) is 38.8 Å². The average molecular weight is 373 g/mol. The molecule has 3 rings (SSSR count). The second-order valence-electron chi connectivity index (χ2n) is 6.78. The molecule has 1 heterocycles. The molecule has 0 saturated carbocycles. The number of carbonyl (C=O) groups is 1. The van der Waals surface area contributed by atoms with Crippen molar-refractivity contribution in [2.24, 2.45) is 0 Å². The average Bonchev–Trinajstić information content (AvgIpc) is 2.64. The van der Waals surface area contributed by atoms with Gasteiger partial charge < -0.3 is 20.0 Å². The fraction of sp³-hybridized carbons (Fsp3) is 0.350. The van der Waals surface area contributed by atoms with Crippen LogP contribution >= 0.6 is 11.6 Å². The van der Waals surface area contributed by atoms with Crippen LogP contribution in [0.1, 0.15) is 5.56 Å². The molecule has 5 nitrogen and oxygen atoms in total. The molecule has 0 atom stereocenters. The Hall–Kier alpha value is -2.40. The summed E-state index contributed by atoms with van der Waals surface area (Å²) in [5.41, 5.74) is 4.27. The molecule has 1 N–H and O–H groups in total. The van der Waals surface area contributed by atoms with Crippen LogP contribution in [0, 0.1) is 6.92 Å². The SMILES string of the molecule is Cc1ccc(Cl)cc1N1CCN(C(=O)Nc2ccc(N(C)C)cc2)CC1. The van der Waals surface area contributed by atoms with Crippen LogP contribution in [0.5, 0.6) is 0 Å². The van der Waals surface area contributed by atoms with Gasteiger partial charge >= 0.3 is 6.03 Å². The Labute approximate surface area is 160 Å². The fourth-order valence-corrected chi connectivity index (χ4v) is 3.29. The van der Waals surface area contributed by atoms with Crippen LogP contribution < -0.4 is 15.1 Å². The molecule has 1 aliphatic heterocycles. The fourth-order valence-electron chi connectivity index (χ4n) is 3.12. The zero-order chi connectivity index (χ0) is 18.7. The summed E-state index contributed by atoms with van der Waals surface area (Å²) in [7, 11) is 3.99. The van der Waals surface area contributed by atoms with Crippen molar-refractivity contribution in [2.45, 2.75) is 6.92 Å². The molecule has 138 valence electrons. The van der Waals surface area contributed by atoms with E-state index >= 15 is 0 Å². The van der Waals surface area contributed by atoms with Gasteiger partial charge in [-0.2, -0.15) is 0 Å². The number of rotatable bonds is 3. The first-order valence-electron chi connectivity index (χ1n) is 8.78. The number of nitrogens with zero attached hydrogens (tertiary/aromatic N) is 3. The third kappa shape index (κ3) is 4.22. The number of carbonyl (C=O) groups excluding carboxylic acids is 1. The number of amides is 2. The van der Waals surface area contributed by atoms with Crippen LogP contribution in [0.3, 0.4) is 0 Å². The zero-order valence-electron chi connectivity index (χ0n) is 15.5. The van der Waals surface area contributed by atoms with Crippen molar-refractivity contribution in [2.75, 3.05) is 55.4 Å². The Morgan fingerprint density at radius 1 is 1.04 bits per heavy atom. The smallest absolute Gasteiger partial charge is 0.321 e. The Morgan fingerprint density at radius 3 is 2.31 bits per heavy atom. The second kappa shape index (κ2) is 7.87. The molecule has 2 aromatic rings. The number of hydrogen-bond donors (Lipinski definition) is 1.